The average Bonchev–Trinajstić information content (AvgIpc) is 3.53. The molecule has 1 amide bonds. The number of sulfonamides is 1. The van der Waals surface area contributed by atoms with Crippen LogP contribution in [0.2, 0.25) is 0 Å². The van der Waals surface area contributed by atoms with Crippen LogP contribution >= 0.6 is 0 Å². The molecule has 0 aromatic carbocycles. The first kappa shape index (κ1) is 34.6. The first-order chi connectivity index (χ1) is 20.3. The summed E-state index contributed by atoms with van der Waals surface area (Å²) in [5, 5.41) is 14.2. The number of carbonyl (C=O) groups excluding carboxylic acids is 1. The Morgan fingerprint density at radius 3 is 2.52 bits per heavy atom. The van der Waals surface area contributed by atoms with Crippen molar-refractivity contribution in [3.63, 3.8) is 0 Å². The molecule has 1 fully saturated rings. The molecule has 3 heterocycles. The predicted octanol–water partition coefficient (Wildman–Crippen LogP) is 3.43. The molecule has 0 spiro atoms. The van der Waals surface area contributed by atoms with Crippen LogP contribution in [0.5, 0.6) is 5.88 Å². The van der Waals surface area contributed by atoms with E-state index in [9.17, 15) is 27.1 Å². The second kappa shape index (κ2) is 12.6. The van der Waals surface area contributed by atoms with Gasteiger partial charge in [-0.15, -0.1) is 5.10 Å². The maximum absolute atomic E-state index is 14.6. The van der Waals surface area contributed by atoms with Gasteiger partial charge in [-0.25, -0.2) is 31.6 Å². The van der Waals surface area contributed by atoms with Gasteiger partial charge in [-0.3, -0.25) is 9.79 Å². The minimum Gasteiger partial charge on any atom is -0.476 e. The molecule has 242 valence electrons. The van der Waals surface area contributed by atoms with Gasteiger partial charge in [0.1, 0.15) is 17.3 Å². The van der Waals surface area contributed by atoms with E-state index in [2.05, 4.69) is 21.7 Å². The number of aromatic nitrogens is 3. The van der Waals surface area contributed by atoms with Gasteiger partial charge >= 0.3 is 0 Å². The molecule has 1 atom stereocenters. The molecule has 15 heteroatoms. The number of rotatable bonds is 12. The number of nitrogens with one attached hydrogen (secondary N) is 1. The number of allylic oxidation sites excluding steroid dienone is 3. The molecule has 1 aliphatic rings. The van der Waals surface area contributed by atoms with Gasteiger partial charge in [0.2, 0.25) is 5.88 Å². The lowest BCUT2D eigenvalue weighted by Crippen LogP contribution is -2.41. The fourth-order valence-corrected chi connectivity index (χ4v) is 6.13. The molecule has 12 nitrogen and oxygen atoms in total. The highest BCUT2D eigenvalue weighted by atomic mass is 32.2. The lowest BCUT2D eigenvalue weighted by Gasteiger charge is -2.34. The standard InChI is InChI=1S/C29H41F2N7O5S/c1-18(2)29(30,31)27(4,5)17-43-24-11-12-38(35-24)23-10-9-21(25(34-23)37-15-20(16-39)13-28(37,6)7)26(40)36-44(41,42)22(14-33-8)19(3)32/h9-12,14,20,39H,1,13,15-17,32H2,2-8H3,(H,36,40). The first-order valence-electron chi connectivity index (χ1n) is 13.8. The van der Waals surface area contributed by atoms with Crippen LogP contribution in [-0.2, 0) is 10.0 Å². The number of nitrogens with zero attached hydrogens (tertiary/aromatic N) is 5. The molecule has 2 aromatic heterocycles. The Morgan fingerprint density at radius 1 is 1.32 bits per heavy atom. The zero-order valence-electron chi connectivity index (χ0n) is 26.1. The van der Waals surface area contributed by atoms with Crippen molar-refractivity contribution in [2.24, 2.45) is 22.1 Å². The minimum absolute atomic E-state index is 0.0427. The van der Waals surface area contributed by atoms with Crippen molar-refractivity contribution in [1.82, 2.24) is 19.5 Å². The minimum atomic E-state index is -4.38. The molecule has 0 bridgehead atoms. The van der Waals surface area contributed by atoms with Crippen molar-refractivity contribution < 1.29 is 31.8 Å². The first-order valence-corrected chi connectivity index (χ1v) is 15.3. The summed E-state index contributed by atoms with van der Waals surface area (Å²) in [6.07, 6.45) is 3.15. The van der Waals surface area contributed by atoms with Gasteiger partial charge in [0, 0.05) is 55.8 Å². The summed E-state index contributed by atoms with van der Waals surface area (Å²) in [5.41, 5.74) is 3.25. The molecule has 0 aliphatic carbocycles. The van der Waals surface area contributed by atoms with Crippen molar-refractivity contribution >= 4 is 28.0 Å². The zero-order valence-corrected chi connectivity index (χ0v) is 26.9. The zero-order chi connectivity index (χ0) is 33.3. The van der Waals surface area contributed by atoms with Crippen molar-refractivity contribution in [2.45, 2.75) is 59.4 Å². The van der Waals surface area contributed by atoms with Crippen LogP contribution in [0.15, 0.2) is 52.1 Å². The predicted molar refractivity (Wildman–Crippen MR) is 165 cm³/mol. The number of amides is 1. The second-order valence-corrected chi connectivity index (χ2v) is 13.9. The van der Waals surface area contributed by atoms with Gasteiger partial charge in [-0.1, -0.05) is 20.4 Å². The third kappa shape index (κ3) is 7.09. The Labute approximate surface area is 256 Å². The quantitative estimate of drug-likeness (QED) is 0.234. The molecular weight excluding hydrogens is 596 g/mol. The number of aliphatic hydroxyl groups is 1. The molecule has 1 aliphatic heterocycles. The maximum atomic E-state index is 14.6. The van der Waals surface area contributed by atoms with Crippen LogP contribution in [0, 0.1) is 11.3 Å². The number of hydrogen-bond donors (Lipinski definition) is 3. The molecule has 44 heavy (non-hydrogen) atoms. The summed E-state index contributed by atoms with van der Waals surface area (Å²) in [7, 11) is -3.01. The van der Waals surface area contributed by atoms with E-state index in [1.807, 2.05) is 23.5 Å². The van der Waals surface area contributed by atoms with Crippen LogP contribution in [0.4, 0.5) is 14.6 Å². The Bertz CT molecular complexity index is 1580. The topological polar surface area (TPSA) is 165 Å². The van der Waals surface area contributed by atoms with E-state index in [1.54, 1.807) is 0 Å². The number of halogens is 2. The average molecular weight is 638 g/mol. The third-order valence-corrected chi connectivity index (χ3v) is 8.96. The van der Waals surface area contributed by atoms with Crippen LogP contribution in [0.25, 0.3) is 5.82 Å². The largest absolute Gasteiger partial charge is 0.476 e. The lowest BCUT2D eigenvalue weighted by molar-refractivity contribution is -0.0899. The van der Waals surface area contributed by atoms with Crippen molar-refractivity contribution in [1.29, 1.82) is 0 Å². The molecule has 1 unspecified atom stereocenters. The summed E-state index contributed by atoms with van der Waals surface area (Å²) in [5.74, 6) is -3.75. The van der Waals surface area contributed by atoms with Gasteiger partial charge in [0.15, 0.2) is 5.82 Å². The fraction of sp³-hybridized carbons (Fsp3) is 0.517. The summed E-state index contributed by atoms with van der Waals surface area (Å²) in [6.45, 7) is 12.5. The molecule has 0 radical (unpaired) electrons. The van der Waals surface area contributed by atoms with E-state index in [-0.39, 0.29) is 58.4 Å². The molecule has 3 rings (SSSR count). The number of ether oxygens (including phenoxy) is 1. The van der Waals surface area contributed by atoms with E-state index in [1.165, 1.54) is 63.8 Å². The number of alkyl halides is 2. The number of anilines is 1. The monoisotopic (exact) mass is 637 g/mol. The molecule has 0 saturated carbocycles. The second-order valence-electron chi connectivity index (χ2n) is 12.2. The van der Waals surface area contributed by atoms with Gasteiger partial charge in [-0.05, 0) is 51.8 Å². The number of nitrogens with two attached hydrogens (primary N) is 1. The van der Waals surface area contributed by atoms with Crippen molar-refractivity contribution in [3.8, 4) is 11.7 Å². The third-order valence-electron chi connectivity index (χ3n) is 7.50. The highest BCUT2D eigenvalue weighted by Crippen LogP contribution is 2.41. The van der Waals surface area contributed by atoms with Crippen molar-refractivity contribution in [3.05, 3.63) is 52.7 Å². The van der Waals surface area contributed by atoms with Crippen LogP contribution in [-0.4, -0.2) is 78.7 Å². The number of aliphatic imine (C=N–C) groups is 1. The molecule has 2 aromatic rings. The van der Waals surface area contributed by atoms with E-state index in [0.29, 0.717) is 13.0 Å². The number of hydrogen-bond acceptors (Lipinski definition) is 10. The number of carbonyl (C=O) groups is 1. The molecule has 4 N–H and O–H groups in total. The Balaban J connectivity index is 2.01. The smallest absolute Gasteiger partial charge is 0.277 e. The SMILES string of the molecule is C=C(C)C(F)(F)C(C)(C)COc1ccn(-c2ccc(C(=O)NS(=O)(=O)C(C=NC)=C(C)N)c(N3CC(CO)CC3(C)C)n2)n1. The Morgan fingerprint density at radius 2 is 1.98 bits per heavy atom. The maximum Gasteiger partial charge on any atom is 0.277 e. The lowest BCUT2D eigenvalue weighted by atomic mass is 9.83. The van der Waals surface area contributed by atoms with Gasteiger partial charge in [0.05, 0.1) is 11.0 Å². The normalized spacial score (nSPS) is 18.0. The number of pyridine rings is 1. The van der Waals surface area contributed by atoms with Crippen LogP contribution < -0.4 is 20.1 Å². The van der Waals surface area contributed by atoms with Crippen molar-refractivity contribution in [2.75, 3.05) is 31.7 Å². The summed E-state index contributed by atoms with van der Waals surface area (Å²) >= 11 is 0. The summed E-state index contributed by atoms with van der Waals surface area (Å²) in [6, 6.07) is 4.37. The van der Waals surface area contributed by atoms with Gasteiger partial charge in [0.25, 0.3) is 21.9 Å². The van der Waals surface area contributed by atoms with Gasteiger partial charge < -0.3 is 20.5 Å². The summed E-state index contributed by atoms with van der Waals surface area (Å²) < 4.78 is 64.3. The Kier molecular flexibility index (Phi) is 9.95. The van der Waals surface area contributed by atoms with Gasteiger partial charge in [-0.2, -0.15) is 0 Å². The van der Waals surface area contributed by atoms with E-state index >= 15 is 0 Å². The Hall–Kier alpha value is -3.85. The fourth-order valence-electron chi connectivity index (χ4n) is 5.00. The van der Waals surface area contributed by atoms with Crippen LogP contribution in [0.3, 0.4) is 0 Å². The molecular formula is C29H41F2N7O5S. The van der Waals surface area contributed by atoms with Crippen LogP contribution in [0.1, 0.15) is 58.3 Å². The van der Waals surface area contributed by atoms with E-state index in [4.69, 9.17) is 10.5 Å². The summed E-state index contributed by atoms with van der Waals surface area (Å²) in [4.78, 5) is 23.3. The van der Waals surface area contributed by atoms with E-state index in [0.717, 1.165) is 6.21 Å². The number of aliphatic hydroxyl groups excluding tert-OH is 1. The highest BCUT2D eigenvalue weighted by Gasteiger charge is 2.48. The molecule has 1 saturated heterocycles. The van der Waals surface area contributed by atoms with E-state index < -0.39 is 32.8 Å². The highest BCUT2D eigenvalue weighted by molar-refractivity contribution is 7.94.